The maximum atomic E-state index is 11.5. The minimum Gasteiger partial charge on any atom is -0.479 e. The van der Waals surface area contributed by atoms with E-state index >= 15 is 0 Å². The van der Waals surface area contributed by atoms with Crippen molar-refractivity contribution in [2.75, 3.05) is 0 Å². The first-order valence-corrected chi connectivity index (χ1v) is 5.79. The van der Waals surface area contributed by atoms with Gasteiger partial charge in [0, 0.05) is 11.1 Å². The van der Waals surface area contributed by atoms with Gasteiger partial charge in [-0.15, -0.1) is 0 Å². The normalized spacial score (nSPS) is 11.3. The zero-order valence-corrected chi connectivity index (χ0v) is 11.3. The quantitative estimate of drug-likeness (QED) is 0.483. The van der Waals surface area contributed by atoms with Gasteiger partial charge in [0.1, 0.15) is 5.75 Å². The lowest BCUT2D eigenvalue weighted by Gasteiger charge is -2.14. The molecular formula is C13H13ClO5. The summed E-state index contributed by atoms with van der Waals surface area (Å²) in [4.78, 5) is 30.6. The molecule has 1 aromatic carbocycles. The highest BCUT2D eigenvalue weighted by Gasteiger charge is 2.19. The lowest BCUT2D eigenvalue weighted by Crippen LogP contribution is -2.27. The molecule has 0 fully saturated rings. The zero-order valence-electron chi connectivity index (χ0n) is 10.5. The Labute approximate surface area is 115 Å². The van der Waals surface area contributed by atoms with Crippen LogP contribution in [0.3, 0.4) is 0 Å². The predicted octanol–water partition coefficient (Wildman–Crippen LogP) is 2.60. The van der Waals surface area contributed by atoms with Crippen LogP contribution < -0.4 is 4.74 Å². The summed E-state index contributed by atoms with van der Waals surface area (Å²) in [7, 11) is 0. The van der Waals surface area contributed by atoms with Crippen LogP contribution in [0.5, 0.6) is 5.75 Å². The van der Waals surface area contributed by atoms with Crippen LogP contribution in [0.4, 0.5) is 0 Å². The van der Waals surface area contributed by atoms with Crippen LogP contribution in [0.15, 0.2) is 30.9 Å². The molecule has 1 atom stereocenters. The van der Waals surface area contributed by atoms with Crippen molar-refractivity contribution in [2.24, 2.45) is 0 Å². The number of hydrogen-bond acceptors (Lipinski definition) is 5. The van der Waals surface area contributed by atoms with E-state index in [-0.39, 0.29) is 0 Å². The van der Waals surface area contributed by atoms with Crippen molar-refractivity contribution in [1.82, 2.24) is 0 Å². The van der Waals surface area contributed by atoms with Crippen molar-refractivity contribution in [1.29, 1.82) is 0 Å². The fourth-order valence-electron chi connectivity index (χ4n) is 1.17. The van der Waals surface area contributed by atoms with Gasteiger partial charge in [0.25, 0.3) is 0 Å². The van der Waals surface area contributed by atoms with E-state index in [2.05, 4.69) is 16.4 Å². The van der Waals surface area contributed by atoms with E-state index in [1.54, 1.807) is 25.1 Å². The van der Waals surface area contributed by atoms with Gasteiger partial charge in [0.2, 0.25) is 0 Å². The Hall–Kier alpha value is -2.01. The second kappa shape index (κ2) is 6.80. The fourth-order valence-corrected chi connectivity index (χ4v) is 1.39. The Morgan fingerprint density at radius 2 is 2.05 bits per heavy atom. The van der Waals surface area contributed by atoms with E-state index in [9.17, 15) is 9.59 Å². The molecule has 1 aromatic rings. The molecule has 0 saturated carbocycles. The molecule has 0 spiro atoms. The zero-order chi connectivity index (χ0) is 14.4. The molecule has 0 N–H and O–H groups in total. The highest BCUT2D eigenvalue weighted by Crippen LogP contribution is 2.22. The molecule has 0 saturated heterocycles. The molecule has 1 rings (SSSR count). The smallest absolute Gasteiger partial charge is 0.395 e. The molecule has 0 aliphatic carbocycles. The van der Waals surface area contributed by atoms with Gasteiger partial charge in [-0.25, -0.2) is 19.4 Å². The molecule has 0 radical (unpaired) electrons. The van der Waals surface area contributed by atoms with Crippen LogP contribution >= 0.6 is 11.6 Å². The average molecular weight is 285 g/mol. The topological polar surface area (TPSA) is 61.8 Å². The first kappa shape index (κ1) is 15.0. The Kier molecular flexibility index (Phi) is 5.38. The highest BCUT2D eigenvalue weighted by atomic mass is 35.5. The first-order chi connectivity index (χ1) is 8.93. The van der Waals surface area contributed by atoms with Crippen LogP contribution in [0.25, 0.3) is 0 Å². The summed E-state index contributed by atoms with van der Waals surface area (Å²) in [5.74, 6) is -1.20. The second-order valence-corrected chi connectivity index (χ2v) is 4.12. The molecule has 6 heteroatoms. The average Bonchev–Trinajstić information content (AvgIpc) is 2.38. The van der Waals surface area contributed by atoms with Crippen molar-refractivity contribution in [3.63, 3.8) is 0 Å². The third kappa shape index (κ3) is 4.63. The number of rotatable bonds is 4. The molecule has 0 aliphatic heterocycles. The molecule has 19 heavy (non-hydrogen) atoms. The summed E-state index contributed by atoms with van der Waals surface area (Å²) in [6.07, 6.45) is -0.0557. The van der Waals surface area contributed by atoms with Crippen LogP contribution in [-0.2, 0) is 19.4 Å². The number of carbonyl (C=O) groups excluding carboxylic acids is 2. The van der Waals surface area contributed by atoms with Crippen molar-refractivity contribution in [2.45, 2.75) is 20.0 Å². The van der Waals surface area contributed by atoms with Gasteiger partial charge in [-0.2, -0.15) is 0 Å². The monoisotopic (exact) mass is 284 g/mol. The van der Waals surface area contributed by atoms with Crippen molar-refractivity contribution < 1.29 is 24.1 Å². The van der Waals surface area contributed by atoms with E-state index in [0.717, 1.165) is 11.6 Å². The Balaban J connectivity index is 2.58. The summed E-state index contributed by atoms with van der Waals surface area (Å²) in [5, 5.41) is 0.569. The number of benzene rings is 1. The molecule has 102 valence electrons. The summed E-state index contributed by atoms with van der Waals surface area (Å²) >= 11 is 5.80. The largest absolute Gasteiger partial charge is 0.479 e. The number of hydrogen-bond donors (Lipinski definition) is 0. The standard InChI is InChI=1S/C13H13ClO5/c1-4-12(15)18-19-13(16)9(3)17-11-6-5-10(14)7-8(11)2/h4-7,9H,1H2,2-3H3/t9-/m1/s1. The van der Waals surface area contributed by atoms with E-state index < -0.39 is 18.0 Å². The van der Waals surface area contributed by atoms with Crippen LogP contribution in [0.1, 0.15) is 12.5 Å². The van der Waals surface area contributed by atoms with E-state index in [1.807, 2.05) is 0 Å². The molecule has 0 heterocycles. The van der Waals surface area contributed by atoms with Gasteiger partial charge in [-0.05, 0) is 37.6 Å². The molecular weight excluding hydrogens is 272 g/mol. The van der Waals surface area contributed by atoms with E-state index in [4.69, 9.17) is 16.3 Å². The van der Waals surface area contributed by atoms with Gasteiger partial charge in [-0.3, -0.25) is 0 Å². The Morgan fingerprint density at radius 1 is 1.37 bits per heavy atom. The van der Waals surface area contributed by atoms with Gasteiger partial charge < -0.3 is 4.74 Å². The van der Waals surface area contributed by atoms with Gasteiger partial charge in [0.05, 0.1) is 0 Å². The predicted molar refractivity (Wildman–Crippen MR) is 68.7 cm³/mol. The van der Waals surface area contributed by atoms with Crippen LogP contribution in [-0.4, -0.2) is 18.0 Å². The third-order valence-corrected chi connectivity index (χ3v) is 2.38. The molecule has 0 amide bonds. The number of aryl methyl sites for hydroxylation is 1. The Bertz CT molecular complexity index is 498. The van der Waals surface area contributed by atoms with E-state index in [1.165, 1.54) is 6.92 Å². The lowest BCUT2D eigenvalue weighted by molar-refractivity contribution is -0.259. The first-order valence-electron chi connectivity index (χ1n) is 5.41. The van der Waals surface area contributed by atoms with Gasteiger partial charge in [0.15, 0.2) is 6.10 Å². The molecule has 0 unspecified atom stereocenters. The SMILES string of the molecule is C=CC(=O)OOC(=O)[C@@H](C)Oc1ccc(Cl)cc1C. The van der Waals surface area contributed by atoms with Crippen molar-refractivity contribution >= 4 is 23.5 Å². The Morgan fingerprint density at radius 3 is 2.63 bits per heavy atom. The lowest BCUT2D eigenvalue weighted by atomic mass is 10.2. The van der Waals surface area contributed by atoms with Crippen molar-refractivity contribution in [3.05, 3.63) is 41.4 Å². The minimum atomic E-state index is -0.933. The molecule has 0 aliphatic rings. The maximum Gasteiger partial charge on any atom is 0.395 e. The maximum absolute atomic E-state index is 11.5. The minimum absolute atomic E-state index is 0.490. The van der Waals surface area contributed by atoms with Gasteiger partial charge >= 0.3 is 11.9 Å². The van der Waals surface area contributed by atoms with Crippen LogP contribution in [0.2, 0.25) is 5.02 Å². The van der Waals surface area contributed by atoms with Crippen molar-refractivity contribution in [3.8, 4) is 5.75 Å². The summed E-state index contributed by atoms with van der Waals surface area (Å²) in [5.41, 5.74) is 0.773. The molecule has 5 nitrogen and oxygen atoms in total. The summed E-state index contributed by atoms with van der Waals surface area (Å²) in [6.45, 7) is 6.42. The highest BCUT2D eigenvalue weighted by molar-refractivity contribution is 6.30. The number of ether oxygens (including phenoxy) is 1. The third-order valence-electron chi connectivity index (χ3n) is 2.15. The van der Waals surface area contributed by atoms with Crippen LogP contribution in [0, 0.1) is 6.92 Å². The summed E-state index contributed by atoms with van der Waals surface area (Å²) < 4.78 is 5.38. The molecule has 0 aromatic heterocycles. The summed E-state index contributed by atoms with van der Waals surface area (Å²) in [6, 6.07) is 4.98. The van der Waals surface area contributed by atoms with E-state index in [0.29, 0.717) is 10.8 Å². The second-order valence-electron chi connectivity index (χ2n) is 3.68. The fraction of sp³-hybridized carbons (Fsp3) is 0.231. The number of halogens is 1. The molecule has 0 bridgehead atoms. The number of carbonyl (C=O) groups is 2. The van der Waals surface area contributed by atoms with Gasteiger partial charge in [-0.1, -0.05) is 18.2 Å².